The summed E-state index contributed by atoms with van der Waals surface area (Å²) in [6.45, 7) is 1.62. The number of alkyl halides is 3. The highest BCUT2D eigenvalue weighted by atomic mass is 19.4. The van der Waals surface area contributed by atoms with Crippen LogP contribution in [-0.4, -0.2) is 23.0 Å². The van der Waals surface area contributed by atoms with Crippen LogP contribution >= 0.6 is 0 Å². The summed E-state index contributed by atoms with van der Waals surface area (Å²) in [5.74, 6) is -1.87. The van der Waals surface area contributed by atoms with Crippen LogP contribution in [0.1, 0.15) is 18.1 Å². The van der Waals surface area contributed by atoms with Gasteiger partial charge in [-0.15, -0.1) is 0 Å². The van der Waals surface area contributed by atoms with Gasteiger partial charge in [-0.3, -0.25) is 4.79 Å². The van der Waals surface area contributed by atoms with E-state index in [9.17, 15) is 22.8 Å². The molecule has 0 bridgehead atoms. The molecule has 0 aliphatic rings. The molecule has 0 saturated heterocycles. The van der Waals surface area contributed by atoms with E-state index < -0.39 is 29.7 Å². The van der Waals surface area contributed by atoms with Crippen molar-refractivity contribution in [3.8, 4) is 0 Å². The standard InChI is InChI=1S/C14H14F3NO3/c1-9(18-12(19)5-6-13(20)21)7-10-3-2-4-11(8-10)14(15,16)17/h2-6,8-9H,7H2,1H3,(H,18,19)(H,20,21)/b6-5+. The first-order valence-electron chi connectivity index (χ1n) is 6.06. The zero-order chi connectivity index (χ0) is 16.0. The lowest BCUT2D eigenvalue weighted by Crippen LogP contribution is -2.32. The number of nitrogens with one attached hydrogen (secondary N) is 1. The van der Waals surface area contributed by atoms with Gasteiger partial charge in [0.2, 0.25) is 5.91 Å². The van der Waals surface area contributed by atoms with E-state index in [-0.39, 0.29) is 6.42 Å². The highest BCUT2D eigenvalue weighted by Crippen LogP contribution is 2.29. The molecule has 0 aliphatic carbocycles. The van der Waals surface area contributed by atoms with Gasteiger partial charge in [0.05, 0.1) is 5.56 Å². The van der Waals surface area contributed by atoms with Gasteiger partial charge in [0.15, 0.2) is 0 Å². The van der Waals surface area contributed by atoms with Crippen LogP contribution < -0.4 is 5.32 Å². The van der Waals surface area contributed by atoms with Crippen LogP contribution in [0, 0.1) is 0 Å². The van der Waals surface area contributed by atoms with Crippen molar-refractivity contribution < 1.29 is 27.9 Å². The summed E-state index contributed by atoms with van der Waals surface area (Å²) in [5, 5.41) is 10.8. The number of hydrogen-bond acceptors (Lipinski definition) is 2. The van der Waals surface area contributed by atoms with Gasteiger partial charge < -0.3 is 10.4 Å². The number of carboxylic acid groups (broad SMARTS) is 1. The molecule has 0 saturated carbocycles. The Labute approximate surface area is 119 Å². The lowest BCUT2D eigenvalue weighted by molar-refractivity contribution is -0.137. The number of hydrogen-bond donors (Lipinski definition) is 2. The number of amides is 1. The molecular weight excluding hydrogens is 287 g/mol. The first-order chi connectivity index (χ1) is 9.68. The van der Waals surface area contributed by atoms with Gasteiger partial charge in [0, 0.05) is 18.2 Å². The van der Waals surface area contributed by atoms with Gasteiger partial charge >= 0.3 is 12.1 Å². The largest absolute Gasteiger partial charge is 0.478 e. The summed E-state index contributed by atoms with van der Waals surface area (Å²) < 4.78 is 37.7. The van der Waals surface area contributed by atoms with Crippen LogP contribution in [-0.2, 0) is 22.2 Å². The summed E-state index contributed by atoms with van der Waals surface area (Å²) in [4.78, 5) is 21.6. The molecule has 4 nitrogen and oxygen atoms in total. The van der Waals surface area contributed by atoms with Crippen LogP contribution in [0.5, 0.6) is 0 Å². The predicted molar refractivity (Wildman–Crippen MR) is 69.5 cm³/mol. The molecule has 0 aromatic heterocycles. The quantitative estimate of drug-likeness (QED) is 0.821. The minimum atomic E-state index is -4.41. The normalized spacial score (nSPS) is 13.1. The van der Waals surface area contributed by atoms with Crippen LogP contribution in [0.4, 0.5) is 13.2 Å². The lowest BCUT2D eigenvalue weighted by Gasteiger charge is -2.14. The van der Waals surface area contributed by atoms with Crippen LogP contribution in [0.25, 0.3) is 0 Å². The molecule has 1 rings (SSSR count). The minimum Gasteiger partial charge on any atom is -0.478 e. The molecule has 21 heavy (non-hydrogen) atoms. The molecule has 1 aromatic carbocycles. The van der Waals surface area contributed by atoms with Crippen molar-refractivity contribution in [3.05, 3.63) is 47.5 Å². The number of benzene rings is 1. The van der Waals surface area contributed by atoms with Crippen molar-refractivity contribution in [1.29, 1.82) is 0 Å². The molecule has 114 valence electrons. The Morgan fingerprint density at radius 1 is 1.33 bits per heavy atom. The monoisotopic (exact) mass is 301 g/mol. The Balaban J connectivity index is 2.65. The van der Waals surface area contributed by atoms with Crippen molar-refractivity contribution in [3.63, 3.8) is 0 Å². The Morgan fingerprint density at radius 3 is 2.57 bits per heavy atom. The van der Waals surface area contributed by atoms with Crippen molar-refractivity contribution >= 4 is 11.9 Å². The van der Waals surface area contributed by atoms with Gasteiger partial charge in [-0.1, -0.05) is 18.2 Å². The number of halogens is 3. The molecule has 1 amide bonds. The number of carbonyl (C=O) groups is 2. The van der Waals surface area contributed by atoms with Crippen molar-refractivity contribution in [2.75, 3.05) is 0 Å². The van der Waals surface area contributed by atoms with Crippen molar-refractivity contribution in [2.45, 2.75) is 25.6 Å². The highest BCUT2D eigenvalue weighted by molar-refractivity contribution is 5.93. The Hall–Kier alpha value is -2.31. The van der Waals surface area contributed by atoms with E-state index in [2.05, 4.69) is 5.32 Å². The van der Waals surface area contributed by atoms with E-state index in [1.807, 2.05) is 0 Å². The summed E-state index contributed by atoms with van der Waals surface area (Å²) in [6, 6.07) is 4.40. The SMILES string of the molecule is CC(Cc1cccc(C(F)(F)F)c1)NC(=O)/C=C/C(=O)O. The molecule has 2 N–H and O–H groups in total. The van der Waals surface area contributed by atoms with E-state index >= 15 is 0 Å². The van der Waals surface area contributed by atoms with Crippen molar-refractivity contribution in [1.82, 2.24) is 5.32 Å². The molecule has 7 heteroatoms. The third kappa shape index (κ3) is 6.11. The number of carboxylic acids is 1. The van der Waals surface area contributed by atoms with Gasteiger partial charge in [-0.05, 0) is 25.0 Å². The first-order valence-corrected chi connectivity index (χ1v) is 6.06. The topological polar surface area (TPSA) is 66.4 Å². The second-order valence-corrected chi connectivity index (χ2v) is 4.48. The number of carbonyl (C=O) groups excluding carboxylic acids is 1. The fourth-order valence-electron chi connectivity index (χ4n) is 1.72. The fourth-order valence-corrected chi connectivity index (χ4v) is 1.72. The number of rotatable bonds is 5. The third-order valence-electron chi connectivity index (χ3n) is 2.56. The van der Waals surface area contributed by atoms with Crippen molar-refractivity contribution in [2.24, 2.45) is 0 Å². The van der Waals surface area contributed by atoms with Crippen LogP contribution in [0.3, 0.4) is 0 Å². The maximum atomic E-state index is 12.6. The molecule has 0 fully saturated rings. The molecular formula is C14H14F3NO3. The summed E-state index contributed by atoms with van der Waals surface area (Å²) in [5.41, 5.74) is -0.316. The first kappa shape index (κ1) is 16.7. The Morgan fingerprint density at radius 2 is 2.00 bits per heavy atom. The van der Waals surface area contributed by atoms with Crippen LogP contribution in [0.15, 0.2) is 36.4 Å². The smallest absolute Gasteiger partial charge is 0.416 e. The second kappa shape index (κ2) is 6.92. The van der Waals surface area contributed by atoms with Gasteiger partial charge in [0.25, 0.3) is 0 Å². The summed E-state index contributed by atoms with van der Waals surface area (Å²) >= 11 is 0. The molecule has 0 heterocycles. The predicted octanol–water partition coefficient (Wildman–Crippen LogP) is 2.39. The summed E-state index contributed by atoms with van der Waals surface area (Å²) in [6.07, 6.45) is -2.67. The zero-order valence-electron chi connectivity index (χ0n) is 11.1. The molecule has 0 aliphatic heterocycles. The van der Waals surface area contributed by atoms with Gasteiger partial charge in [-0.25, -0.2) is 4.79 Å². The molecule has 1 unspecified atom stereocenters. The summed E-state index contributed by atoms with van der Waals surface area (Å²) in [7, 11) is 0. The van der Waals surface area contributed by atoms with E-state index in [1.54, 1.807) is 6.92 Å². The zero-order valence-corrected chi connectivity index (χ0v) is 11.1. The second-order valence-electron chi connectivity index (χ2n) is 4.48. The maximum Gasteiger partial charge on any atom is 0.416 e. The average molecular weight is 301 g/mol. The lowest BCUT2D eigenvalue weighted by atomic mass is 10.0. The molecule has 0 radical (unpaired) electrons. The minimum absolute atomic E-state index is 0.205. The Bertz CT molecular complexity index is 553. The maximum absolute atomic E-state index is 12.6. The van der Waals surface area contributed by atoms with E-state index in [0.29, 0.717) is 11.6 Å². The average Bonchev–Trinajstić information content (AvgIpc) is 2.35. The van der Waals surface area contributed by atoms with E-state index in [4.69, 9.17) is 5.11 Å². The van der Waals surface area contributed by atoms with E-state index in [1.165, 1.54) is 12.1 Å². The van der Waals surface area contributed by atoms with Gasteiger partial charge in [-0.2, -0.15) is 13.2 Å². The third-order valence-corrected chi connectivity index (χ3v) is 2.56. The molecule has 1 atom stereocenters. The van der Waals surface area contributed by atoms with E-state index in [0.717, 1.165) is 18.2 Å². The molecule has 0 spiro atoms. The fraction of sp³-hybridized carbons (Fsp3) is 0.286. The number of aliphatic carboxylic acids is 1. The Kier molecular flexibility index (Phi) is 5.52. The van der Waals surface area contributed by atoms with Crippen LogP contribution in [0.2, 0.25) is 0 Å². The molecule has 1 aromatic rings. The highest BCUT2D eigenvalue weighted by Gasteiger charge is 2.30. The van der Waals surface area contributed by atoms with Gasteiger partial charge in [0.1, 0.15) is 0 Å².